The molecule has 0 saturated heterocycles. The smallest absolute Gasteiger partial charge is 0.0493 e. The van der Waals surface area contributed by atoms with Crippen molar-refractivity contribution < 1.29 is 5.11 Å². The quantitative estimate of drug-likeness (QED) is 0.529. The second-order valence-corrected chi connectivity index (χ2v) is 2.88. The second-order valence-electron chi connectivity index (χ2n) is 2.88. The Bertz CT molecular complexity index is 107. The van der Waals surface area contributed by atoms with Gasteiger partial charge < -0.3 is 5.11 Å². The number of hydrogen-bond donors (Lipinski definition) is 1. The molecule has 9 heavy (non-hydrogen) atoms. The first-order valence-corrected chi connectivity index (χ1v) is 3.62. The maximum atomic E-state index is 8.73. The van der Waals surface area contributed by atoms with E-state index in [9.17, 15) is 0 Å². The summed E-state index contributed by atoms with van der Waals surface area (Å²) < 4.78 is 0. The Labute approximate surface area is 56.4 Å². The Kier molecular flexibility index (Phi) is 2.29. The zero-order chi connectivity index (χ0) is 6.69. The Morgan fingerprint density at radius 2 is 2.22 bits per heavy atom. The first-order chi connectivity index (χ1) is 4.33. The van der Waals surface area contributed by atoms with Gasteiger partial charge in [0.05, 0.1) is 0 Å². The summed E-state index contributed by atoms with van der Waals surface area (Å²) in [6.45, 7) is 2.54. The number of aliphatic hydroxyl groups is 1. The van der Waals surface area contributed by atoms with Crippen LogP contribution in [0.2, 0.25) is 0 Å². The van der Waals surface area contributed by atoms with Gasteiger partial charge in [-0.1, -0.05) is 19.1 Å². The van der Waals surface area contributed by atoms with Crippen LogP contribution in [-0.2, 0) is 0 Å². The average Bonchev–Trinajstić information content (AvgIpc) is 1.90. The molecule has 0 amide bonds. The van der Waals surface area contributed by atoms with E-state index in [0.29, 0.717) is 12.5 Å². The standard InChI is InChI=1S/C8H14O/c1-7-2-4-8(6-9)5-3-7/h2,4,7-9H,3,5-6H2,1H3/t7-,8?/m1/s1. The van der Waals surface area contributed by atoms with E-state index in [1.54, 1.807) is 0 Å². The molecule has 0 spiro atoms. The summed E-state index contributed by atoms with van der Waals surface area (Å²) >= 11 is 0. The summed E-state index contributed by atoms with van der Waals surface area (Å²) in [7, 11) is 0. The molecule has 52 valence electrons. The SMILES string of the molecule is C[C@@H]1C=CC(CO)CC1. The van der Waals surface area contributed by atoms with Crippen molar-refractivity contribution in [2.45, 2.75) is 19.8 Å². The minimum absolute atomic E-state index is 0.323. The highest BCUT2D eigenvalue weighted by Gasteiger charge is 2.10. The van der Waals surface area contributed by atoms with E-state index in [4.69, 9.17) is 5.11 Å². The first kappa shape index (κ1) is 6.81. The van der Waals surface area contributed by atoms with Crippen molar-refractivity contribution in [3.05, 3.63) is 12.2 Å². The molecule has 1 aliphatic rings. The van der Waals surface area contributed by atoms with Crippen LogP contribution in [0.4, 0.5) is 0 Å². The van der Waals surface area contributed by atoms with Crippen LogP contribution in [0.15, 0.2) is 12.2 Å². The van der Waals surface area contributed by atoms with Gasteiger partial charge in [0.1, 0.15) is 0 Å². The number of aliphatic hydroxyl groups excluding tert-OH is 1. The topological polar surface area (TPSA) is 20.2 Å². The fourth-order valence-corrected chi connectivity index (χ4v) is 1.17. The lowest BCUT2D eigenvalue weighted by Gasteiger charge is -2.17. The van der Waals surface area contributed by atoms with E-state index in [0.717, 1.165) is 12.3 Å². The van der Waals surface area contributed by atoms with Crippen molar-refractivity contribution in [1.82, 2.24) is 0 Å². The molecule has 0 bridgehead atoms. The molecule has 0 radical (unpaired) electrons. The third-order valence-corrected chi connectivity index (χ3v) is 1.94. The highest BCUT2D eigenvalue weighted by Crippen LogP contribution is 2.20. The van der Waals surface area contributed by atoms with Gasteiger partial charge in [-0.25, -0.2) is 0 Å². The zero-order valence-electron chi connectivity index (χ0n) is 5.88. The van der Waals surface area contributed by atoms with Crippen LogP contribution >= 0.6 is 0 Å². The Hall–Kier alpha value is -0.300. The van der Waals surface area contributed by atoms with Crippen LogP contribution in [0.5, 0.6) is 0 Å². The number of allylic oxidation sites excluding steroid dienone is 1. The summed E-state index contributed by atoms with van der Waals surface area (Å²) in [6.07, 6.45) is 6.73. The molecule has 0 heterocycles. The second kappa shape index (κ2) is 3.02. The normalized spacial score (nSPS) is 34.9. The molecule has 1 nitrogen and oxygen atoms in total. The highest BCUT2D eigenvalue weighted by atomic mass is 16.3. The van der Waals surface area contributed by atoms with Gasteiger partial charge in [-0.2, -0.15) is 0 Å². The third kappa shape index (κ3) is 1.83. The van der Waals surface area contributed by atoms with E-state index in [2.05, 4.69) is 19.1 Å². The Morgan fingerprint density at radius 3 is 2.67 bits per heavy atom. The Balaban J connectivity index is 2.38. The van der Waals surface area contributed by atoms with Crippen molar-refractivity contribution in [1.29, 1.82) is 0 Å². The van der Waals surface area contributed by atoms with Crippen LogP contribution in [0.3, 0.4) is 0 Å². The predicted octanol–water partition coefficient (Wildman–Crippen LogP) is 1.58. The van der Waals surface area contributed by atoms with Crippen LogP contribution in [0.25, 0.3) is 0 Å². The van der Waals surface area contributed by atoms with Crippen molar-refractivity contribution in [3.63, 3.8) is 0 Å². The molecule has 0 fully saturated rings. The minimum Gasteiger partial charge on any atom is -0.396 e. The van der Waals surface area contributed by atoms with E-state index >= 15 is 0 Å². The molecular formula is C8H14O. The van der Waals surface area contributed by atoms with Gasteiger partial charge >= 0.3 is 0 Å². The van der Waals surface area contributed by atoms with Crippen LogP contribution in [-0.4, -0.2) is 11.7 Å². The first-order valence-electron chi connectivity index (χ1n) is 3.62. The fourth-order valence-electron chi connectivity index (χ4n) is 1.17. The lowest BCUT2D eigenvalue weighted by molar-refractivity contribution is 0.236. The summed E-state index contributed by atoms with van der Waals surface area (Å²) in [6, 6.07) is 0. The van der Waals surface area contributed by atoms with Crippen molar-refractivity contribution in [2.75, 3.05) is 6.61 Å². The molecule has 1 N–H and O–H groups in total. The van der Waals surface area contributed by atoms with Crippen LogP contribution in [0.1, 0.15) is 19.8 Å². The molecule has 0 aliphatic heterocycles. The summed E-state index contributed by atoms with van der Waals surface area (Å²) in [5.74, 6) is 1.17. The summed E-state index contributed by atoms with van der Waals surface area (Å²) in [4.78, 5) is 0. The number of rotatable bonds is 1. The van der Waals surface area contributed by atoms with Crippen LogP contribution in [0, 0.1) is 11.8 Å². The van der Waals surface area contributed by atoms with Crippen molar-refractivity contribution >= 4 is 0 Å². The molecule has 0 saturated carbocycles. The average molecular weight is 126 g/mol. The molecule has 1 rings (SSSR count). The van der Waals surface area contributed by atoms with E-state index in [1.807, 2.05) is 0 Å². The van der Waals surface area contributed by atoms with Gasteiger partial charge in [-0.15, -0.1) is 0 Å². The van der Waals surface area contributed by atoms with E-state index < -0.39 is 0 Å². The lowest BCUT2D eigenvalue weighted by Crippen LogP contribution is -2.09. The summed E-state index contributed by atoms with van der Waals surface area (Å²) in [5.41, 5.74) is 0. The van der Waals surface area contributed by atoms with E-state index in [1.165, 1.54) is 6.42 Å². The highest BCUT2D eigenvalue weighted by molar-refractivity contribution is 4.96. The van der Waals surface area contributed by atoms with E-state index in [-0.39, 0.29) is 0 Å². The predicted molar refractivity (Wildman–Crippen MR) is 38.1 cm³/mol. The third-order valence-electron chi connectivity index (χ3n) is 1.94. The molecule has 0 aromatic carbocycles. The van der Waals surface area contributed by atoms with Gasteiger partial charge in [0, 0.05) is 6.61 Å². The monoisotopic (exact) mass is 126 g/mol. The number of hydrogen-bond acceptors (Lipinski definition) is 1. The van der Waals surface area contributed by atoms with Crippen molar-refractivity contribution in [2.24, 2.45) is 11.8 Å². The maximum absolute atomic E-state index is 8.73. The molecule has 0 aromatic rings. The van der Waals surface area contributed by atoms with Gasteiger partial charge in [0.2, 0.25) is 0 Å². The summed E-state index contributed by atoms with van der Waals surface area (Å²) in [5, 5.41) is 8.73. The largest absolute Gasteiger partial charge is 0.396 e. The van der Waals surface area contributed by atoms with Crippen molar-refractivity contribution in [3.8, 4) is 0 Å². The molecule has 2 atom stereocenters. The van der Waals surface area contributed by atoms with Gasteiger partial charge in [0.15, 0.2) is 0 Å². The fraction of sp³-hybridized carbons (Fsp3) is 0.750. The molecule has 0 aromatic heterocycles. The minimum atomic E-state index is 0.323. The van der Waals surface area contributed by atoms with Gasteiger partial charge in [-0.3, -0.25) is 0 Å². The Morgan fingerprint density at radius 1 is 1.44 bits per heavy atom. The van der Waals surface area contributed by atoms with Gasteiger partial charge in [0.25, 0.3) is 0 Å². The zero-order valence-corrected chi connectivity index (χ0v) is 5.88. The van der Waals surface area contributed by atoms with Gasteiger partial charge in [-0.05, 0) is 24.7 Å². The lowest BCUT2D eigenvalue weighted by atomic mass is 9.90. The van der Waals surface area contributed by atoms with Crippen LogP contribution < -0.4 is 0 Å². The molecule has 1 aliphatic carbocycles. The molecule has 1 heteroatoms. The molecule has 1 unspecified atom stereocenters. The molecular weight excluding hydrogens is 112 g/mol. The maximum Gasteiger partial charge on any atom is 0.0493 e.